The van der Waals surface area contributed by atoms with Gasteiger partial charge in [0.25, 0.3) is 0 Å². The van der Waals surface area contributed by atoms with Gasteiger partial charge in [0.05, 0.1) is 10.8 Å². The third-order valence-corrected chi connectivity index (χ3v) is 4.87. The first-order valence-corrected chi connectivity index (χ1v) is 7.46. The summed E-state index contributed by atoms with van der Waals surface area (Å²) in [5, 5.41) is 8.30. The molecule has 1 saturated heterocycles. The Kier molecular flexibility index (Phi) is 4.06. The predicted octanol–water partition coefficient (Wildman–Crippen LogP) is 1.31. The van der Waals surface area contributed by atoms with E-state index in [1.807, 2.05) is 0 Å². The molecule has 1 fully saturated rings. The standard InChI is InChI=1S/C12H15NO5S/c14-12(15)9-1-3-10(4-2-9)13-19(16,17)11-5-7-18-8-6-11/h1-4,11,13H,5-8H2,(H,14,15). The van der Waals surface area contributed by atoms with Crippen LogP contribution in [0, 0.1) is 0 Å². The van der Waals surface area contributed by atoms with E-state index >= 15 is 0 Å². The zero-order valence-corrected chi connectivity index (χ0v) is 11.0. The average molecular weight is 285 g/mol. The number of carboxylic acids is 1. The van der Waals surface area contributed by atoms with Crippen molar-refractivity contribution >= 4 is 21.7 Å². The topological polar surface area (TPSA) is 92.7 Å². The fraction of sp³-hybridized carbons (Fsp3) is 0.417. The molecule has 0 radical (unpaired) electrons. The lowest BCUT2D eigenvalue weighted by Crippen LogP contribution is -2.33. The van der Waals surface area contributed by atoms with E-state index in [1.54, 1.807) is 0 Å². The van der Waals surface area contributed by atoms with E-state index < -0.39 is 21.2 Å². The maximum absolute atomic E-state index is 12.1. The molecule has 1 aliphatic heterocycles. The molecular formula is C12H15NO5S. The first-order valence-electron chi connectivity index (χ1n) is 5.92. The first kappa shape index (κ1) is 13.8. The van der Waals surface area contributed by atoms with Gasteiger partial charge >= 0.3 is 5.97 Å². The molecule has 1 aliphatic rings. The summed E-state index contributed by atoms with van der Waals surface area (Å²) >= 11 is 0. The molecule has 0 atom stereocenters. The van der Waals surface area contributed by atoms with E-state index in [0.29, 0.717) is 31.7 Å². The lowest BCUT2D eigenvalue weighted by molar-refractivity contribution is 0.0697. The molecule has 0 saturated carbocycles. The van der Waals surface area contributed by atoms with Crippen LogP contribution in [0.4, 0.5) is 5.69 Å². The minimum absolute atomic E-state index is 0.119. The van der Waals surface area contributed by atoms with Gasteiger partial charge in [0.1, 0.15) is 0 Å². The van der Waals surface area contributed by atoms with E-state index in [2.05, 4.69) is 4.72 Å². The summed E-state index contributed by atoms with van der Waals surface area (Å²) in [7, 11) is -3.45. The van der Waals surface area contributed by atoms with Crippen LogP contribution in [0.2, 0.25) is 0 Å². The Balaban J connectivity index is 2.09. The summed E-state index contributed by atoms with van der Waals surface area (Å²) in [6.07, 6.45) is 0.949. The van der Waals surface area contributed by atoms with Crippen molar-refractivity contribution < 1.29 is 23.1 Å². The molecule has 2 rings (SSSR count). The fourth-order valence-corrected chi connectivity index (χ4v) is 3.36. The van der Waals surface area contributed by atoms with E-state index in [4.69, 9.17) is 9.84 Å². The number of nitrogens with one attached hydrogen (secondary N) is 1. The van der Waals surface area contributed by atoms with Crippen LogP contribution >= 0.6 is 0 Å². The Morgan fingerprint density at radius 2 is 1.79 bits per heavy atom. The quantitative estimate of drug-likeness (QED) is 0.870. The molecule has 0 amide bonds. The van der Waals surface area contributed by atoms with Crippen LogP contribution < -0.4 is 4.72 Å². The number of hydrogen-bond acceptors (Lipinski definition) is 4. The number of carbonyl (C=O) groups is 1. The second-order valence-electron chi connectivity index (χ2n) is 4.34. The van der Waals surface area contributed by atoms with Crippen molar-refractivity contribution in [3.63, 3.8) is 0 Å². The summed E-state index contributed by atoms with van der Waals surface area (Å²) in [6.45, 7) is 0.896. The number of anilines is 1. The highest BCUT2D eigenvalue weighted by atomic mass is 32.2. The molecule has 6 nitrogen and oxygen atoms in total. The number of ether oxygens (including phenoxy) is 1. The minimum atomic E-state index is -3.45. The van der Waals surface area contributed by atoms with E-state index in [1.165, 1.54) is 24.3 Å². The van der Waals surface area contributed by atoms with Crippen LogP contribution in [0.25, 0.3) is 0 Å². The predicted molar refractivity (Wildman–Crippen MR) is 69.8 cm³/mol. The first-order chi connectivity index (χ1) is 8.99. The average Bonchev–Trinajstić information content (AvgIpc) is 2.40. The Morgan fingerprint density at radius 1 is 1.21 bits per heavy atom. The van der Waals surface area contributed by atoms with E-state index in [9.17, 15) is 13.2 Å². The number of rotatable bonds is 4. The van der Waals surface area contributed by atoms with Gasteiger partial charge in [-0.25, -0.2) is 13.2 Å². The van der Waals surface area contributed by atoms with Crippen LogP contribution in [-0.2, 0) is 14.8 Å². The smallest absolute Gasteiger partial charge is 0.335 e. The number of aromatic carboxylic acids is 1. The molecule has 2 N–H and O–H groups in total. The monoisotopic (exact) mass is 285 g/mol. The lowest BCUT2D eigenvalue weighted by atomic mass is 10.2. The van der Waals surface area contributed by atoms with Crippen molar-refractivity contribution in [2.45, 2.75) is 18.1 Å². The maximum Gasteiger partial charge on any atom is 0.335 e. The molecule has 1 heterocycles. The third-order valence-electron chi connectivity index (χ3n) is 3.00. The maximum atomic E-state index is 12.1. The fourth-order valence-electron chi connectivity index (χ4n) is 1.91. The SMILES string of the molecule is O=C(O)c1ccc(NS(=O)(=O)C2CCOCC2)cc1. The molecule has 1 aromatic rings. The molecule has 0 aromatic heterocycles. The number of hydrogen-bond donors (Lipinski definition) is 2. The molecule has 104 valence electrons. The third kappa shape index (κ3) is 3.45. The Bertz CT molecular complexity index is 546. The summed E-state index contributed by atoms with van der Waals surface area (Å²) in [6, 6.07) is 5.62. The Labute approximate surface area is 111 Å². The molecular weight excluding hydrogens is 270 g/mol. The molecule has 0 spiro atoms. The van der Waals surface area contributed by atoms with E-state index in [-0.39, 0.29) is 5.56 Å². The minimum Gasteiger partial charge on any atom is -0.478 e. The summed E-state index contributed by atoms with van der Waals surface area (Å²) in [5.74, 6) is -1.04. The van der Waals surface area contributed by atoms with Crippen molar-refractivity contribution in [1.29, 1.82) is 0 Å². The van der Waals surface area contributed by atoms with Crippen molar-refractivity contribution in [3.8, 4) is 0 Å². The van der Waals surface area contributed by atoms with Gasteiger partial charge in [0.2, 0.25) is 10.0 Å². The molecule has 19 heavy (non-hydrogen) atoms. The summed E-state index contributed by atoms with van der Waals surface area (Å²) in [5.41, 5.74) is 0.491. The van der Waals surface area contributed by atoms with Gasteiger partial charge in [-0.2, -0.15) is 0 Å². The second-order valence-corrected chi connectivity index (χ2v) is 6.30. The Hall–Kier alpha value is -1.60. The van der Waals surface area contributed by atoms with Crippen molar-refractivity contribution in [3.05, 3.63) is 29.8 Å². The van der Waals surface area contributed by atoms with Gasteiger partial charge in [-0.05, 0) is 37.1 Å². The van der Waals surface area contributed by atoms with Crippen LogP contribution in [0.3, 0.4) is 0 Å². The zero-order valence-electron chi connectivity index (χ0n) is 10.2. The van der Waals surface area contributed by atoms with Gasteiger partial charge in [-0.15, -0.1) is 0 Å². The molecule has 0 aliphatic carbocycles. The Morgan fingerprint density at radius 3 is 2.32 bits per heavy atom. The normalized spacial score (nSPS) is 17.1. The zero-order chi connectivity index (χ0) is 13.9. The van der Waals surface area contributed by atoms with Crippen molar-refractivity contribution in [2.24, 2.45) is 0 Å². The number of carboxylic acid groups (broad SMARTS) is 1. The van der Waals surface area contributed by atoms with Gasteiger partial charge in [0.15, 0.2) is 0 Å². The van der Waals surface area contributed by atoms with Gasteiger partial charge in [0, 0.05) is 18.9 Å². The van der Waals surface area contributed by atoms with Crippen molar-refractivity contribution in [2.75, 3.05) is 17.9 Å². The molecule has 0 unspecified atom stereocenters. The van der Waals surface area contributed by atoms with Gasteiger partial charge in [-0.3, -0.25) is 4.72 Å². The van der Waals surface area contributed by atoms with Crippen LogP contribution in [0.5, 0.6) is 0 Å². The van der Waals surface area contributed by atoms with Crippen LogP contribution in [0.1, 0.15) is 23.2 Å². The van der Waals surface area contributed by atoms with Gasteiger partial charge < -0.3 is 9.84 Å². The van der Waals surface area contributed by atoms with Gasteiger partial charge in [-0.1, -0.05) is 0 Å². The van der Waals surface area contributed by atoms with Crippen LogP contribution in [-0.4, -0.2) is 38.0 Å². The number of benzene rings is 1. The van der Waals surface area contributed by atoms with E-state index in [0.717, 1.165) is 0 Å². The highest BCUT2D eigenvalue weighted by Crippen LogP contribution is 2.19. The highest BCUT2D eigenvalue weighted by molar-refractivity contribution is 7.93. The summed E-state index contributed by atoms with van der Waals surface area (Å²) in [4.78, 5) is 10.7. The second kappa shape index (κ2) is 5.58. The molecule has 7 heteroatoms. The lowest BCUT2D eigenvalue weighted by Gasteiger charge is -2.22. The highest BCUT2D eigenvalue weighted by Gasteiger charge is 2.27. The molecule has 0 bridgehead atoms. The summed E-state index contributed by atoms with van der Waals surface area (Å²) < 4.78 is 31.8. The molecule has 1 aromatic carbocycles. The largest absolute Gasteiger partial charge is 0.478 e. The number of sulfonamides is 1. The van der Waals surface area contributed by atoms with Crippen LogP contribution in [0.15, 0.2) is 24.3 Å². The van der Waals surface area contributed by atoms with Crippen molar-refractivity contribution in [1.82, 2.24) is 0 Å².